The second-order valence-electron chi connectivity index (χ2n) is 22.7. The van der Waals surface area contributed by atoms with Crippen LogP contribution < -0.4 is 20.7 Å². The number of imidazole rings is 1. The number of likely N-dealkylation sites (N-methyl/N-ethyl adjacent to an activating group) is 2. The lowest BCUT2D eigenvalue weighted by Gasteiger charge is -2.40. The highest BCUT2D eigenvalue weighted by Gasteiger charge is 2.40. The summed E-state index contributed by atoms with van der Waals surface area (Å²) < 4.78 is 19.8. The topological polar surface area (TPSA) is 197 Å². The number of alkyl carbamates (subject to hydrolysis) is 1. The maximum absolute atomic E-state index is 15.8. The molecule has 2 aliphatic rings. The first-order valence-corrected chi connectivity index (χ1v) is 28.7. The van der Waals surface area contributed by atoms with Crippen LogP contribution in [0.5, 0.6) is 11.5 Å². The molecule has 1 aromatic heterocycles. The molecule has 18 nitrogen and oxygen atoms in total. The molecule has 2 heterocycles. The molecule has 1 saturated heterocycles. The zero-order chi connectivity index (χ0) is 59.3. The Morgan fingerprint density at radius 1 is 0.805 bits per heavy atom. The quantitative estimate of drug-likeness (QED) is 0.0856. The third-order valence-corrected chi connectivity index (χ3v) is 15.5. The van der Waals surface area contributed by atoms with Crippen molar-refractivity contribution in [2.75, 3.05) is 48.5 Å². The number of hydrogen-bond donors (Lipinski definition) is 3. The molecule has 4 aromatic carbocycles. The van der Waals surface area contributed by atoms with Gasteiger partial charge in [0.25, 0.3) is 0 Å². The van der Waals surface area contributed by atoms with Crippen molar-refractivity contribution < 1.29 is 43.0 Å². The van der Waals surface area contributed by atoms with Gasteiger partial charge in [0, 0.05) is 80.9 Å². The van der Waals surface area contributed by atoms with Crippen molar-refractivity contribution >= 4 is 58.8 Å². The molecule has 5 aromatic rings. The van der Waals surface area contributed by atoms with Crippen LogP contribution in [0.25, 0.3) is 11.3 Å². The van der Waals surface area contributed by atoms with E-state index in [1.54, 1.807) is 70.1 Å². The minimum atomic E-state index is -1.40. The van der Waals surface area contributed by atoms with E-state index in [0.29, 0.717) is 40.7 Å². The molecule has 1 aliphatic heterocycles. The van der Waals surface area contributed by atoms with Crippen molar-refractivity contribution in [1.29, 1.82) is 0 Å². The number of aromatic nitrogens is 2. The van der Waals surface area contributed by atoms with Gasteiger partial charge < -0.3 is 54.3 Å². The van der Waals surface area contributed by atoms with Crippen LogP contribution in [0.4, 0.5) is 4.79 Å². The van der Waals surface area contributed by atoms with Crippen molar-refractivity contribution in [2.45, 2.75) is 127 Å². The number of halogens is 2. The molecule has 1 saturated carbocycles. The summed E-state index contributed by atoms with van der Waals surface area (Å²) in [5.41, 5.74) is 3.06. The van der Waals surface area contributed by atoms with Crippen LogP contribution in [0.2, 0.25) is 10.0 Å². The molecule has 3 N–H and O–H groups in total. The Morgan fingerprint density at radius 3 is 2.17 bits per heavy atom. The minimum absolute atomic E-state index is 0.102. The predicted molar refractivity (Wildman–Crippen MR) is 316 cm³/mol. The van der Waals surface area contributed by atoms with E-state index < -0.39 is 65.5 Å². The third-order valence-electron chi connectivity index (χ3n) is 15.0. The van der Waals surface area contributed by atoms with Crippen LogP contribution in [0.1, 0.15) is 88.2 Å². The van der Waals surface area contributed by atoms with Crippen molar-refractivity contribution in [3.63, 3.8) is 0 Å². The van der Waals surface area contributed by atoms with Crippen molar-refractivity contribution in [2.24, 2.45) is 13.0 Å². The first-order valence-electron chi connectivity index (χ1n) is 28.0. The molecule has 7 rings (SSSR count). The summed E-state index contributed by atoms with van der Waals surface area (Å²) >= 11 is 13.0. The van der Waals surface area contributed by atoms with Gasteiger partial charge in [-0.3, -0.25) is 24.0 Å². The number of hydrogen-bond acceptors (Lipinski definition) is 11. The van der Waals surface area contributed by atoms with E-state index in [1.165, 1.54) is 16.9 Å². The molecule has 20 heteroatoms. The van der Waals surface area contributed by atoms with Gasteiger partial charge in [0.15, 0.2) is 0 Å². The smallest absolute Gasteiger partial charge is 0.407 e. The lowest BCUT2D eigenvalue weighted by atomic mass is 9.87. The summed E-state index contributed by atoms with van der Waals surface area (Å²) in [5.74, 6) is -1.78. The second kappa shape index (κ2) is 28.8. The Kier molecular flexibility index (Phi) is 22.0. The van der Waals surface area contributed by atoms with Crippen molar-refractivity contribution in [3.8, 4) is 22.8 Å². The number of rotatable bonds is 16. The largest absolute Gasteiger partial charge is 0.457 e. The molecule has 82 heavy (non-hydrogen) atoms. The highest BCUT2D eigenvalue weighted by atomic mass is 35.5. The average molecular weight is 1170 g/mol. The number of fused-ring (bicyclic) bond motifs is 1. The molecule has 0 bridgehead atoms. The van der Waals surface area contributed by atoms with Crippen LogP contribution in [0, 0.1) is 5.92 Å². The van der Waals surface area contributed by atoms with E-state index in [1.807, 2.05) is 104 Å². The molecule has 1 aliphatic carbocycles. The summed E-state index contributed by atoms with van der Waals surface area (Å²) in [6, 6.07) is 24.8. The molecule has 0 radical (unpaired) electrons. The number of carbonyl (C=O) groups excluding carboxylic acids is 6. The third kappa shape index (κ3) is 17.3. The fourth-order valence-corrected chi connectivity index (χ4v) is 11.0. The number of methoxy groups -OCH3 is 1. The van der Waals surface area contributed by atoms with E-state index in [-0.39, 0.29) is 69.4 Å². The molecule has 6 atom stereocenters. The summed E-state index contributed by atoms with van der Waals surface area (Å²) in [6.45, 7) is 5.16. The van der Waals surface area contributed by atoms with Crippen LogP contribution in [-0.2, 0) is 66.4 Å². The Hall–Kier alpha value is -6.99. The number of nitrogens with one attached hydrogen (secondary N) is 3. The summed E-state index contributed by atoms with van der Waals surface area (Å²) in [6.07, 6.45) is 3.75. The van der Waals surface area contributed by atoms with Crippen LogP contribution >= 0.6 is 23.2 Å². The minimum Gasteiger partial charge on any atom is -0.457 e. The highest BCUT2D eigenvalue weighted by molar-refractivity contribution is 6.31. The summed E-state index contributed by atoms with van der Waals surface area (Å²) in [7, 11) is 10.7. The molecule has 0 unspecified atom stereocenters. The van der Waals surface area contributed by atoms with Gasteiger partial charge in [-0.05, 0) is 127 Å². The number of nitrogens with zero attached hydrogens (tertiary/aromatic N) is 6. The maximum Gasteiger partial charge on any atom is 0.407 e. The number of benzene rings is 4. The molecule has 0 spiro atoms. The number of ether oxygens (including phenoxy) is 3. The highest BCUT2D eigenvalue weighted by Crippen LogP contribution is 2.34. The van der Waals surface area contributed by atoms with Crippen LogP contribution in [0.3, 0.4) is 0 Å². The Balaban J connectivity index is 1.33. The molecular weight excluding hydrogens is 1090 g/mol. The van der Waals surface area contributed by atoms with Gasteiger partial charge in [0.05, 0.1) is 43.5 Å². The van der Waals surface area contributed by atoms with E-state index >= 15 is 14.4 Å². The Bertz CT molecular complexity index is 2990. The maximum atomic E-state index is 15.8. The Morgan fingerprint density at radius 2 is 1.49 bits per heavy atom. The fourth-order valence-electron chi connectivity index (χ4n) is 10.8. The predicted octanol–water partition coefficient (Wildman–Crippen LogP) is 8.60. The van der Waals surface area contributed by atoms with Gasteiger partial charge in [-0.25, -0.2) is 9.78 Å². The lowest BCUT2D eigenvalue weighted by molar-refractivity contribution is -0.148. The Labute approximate surface area is 492 Å². The molecule has 2 fully saturated rings. The van der Waals surface area contributed by atoms with Gasteiger partial charge in [0.1, 0.15) is 35.0 Å². The van der Waals surface area contributed by atoms with E-state index in [9.17, 15) is 14.4 Å². The zero-order valence-electron chi connectivity index (χ0n) is 48.6. The molecule has 6 amide bonds. The normalized spacial score (nSPS) is 20.9. The van der Waals surface area contributed by atoms with E-state index in [0.717, 1.165) is 41.1 Å². The number of carbonyl (C=O) groups is 6. The van der Waals surface area contributed by atoms with E-state index in [2.05, 4.69) is 20.9 Å². The number of amides is 6. The standard InChI is InChI=1S/C62H79Cl2N9O9/c1-62(2,3)82-61(79)65-30-29-52-58(76)68-50(39-80-9)60(78)70(6)47(32-41-19-24-45(63)25-20-41)35-56(74)67-49-17-13-14-18-51(49)72(8)59(77)44(31-40-15-11-10-12-16-40)33-57(75)73(52)37-43-21-26-46(64)34-54(43)81-48-27-22-42(23-28-48)53-36-66-55(71(53)7)38-69(4)5/h10-12,15-16,19-28,34,36,44,47,49-52H,13-14,17-18,29-33,35,37-39H2,1-9H3,(H,65,79)(H,67,74)(H,68,76)/t44-,47+,49+,50+,51+,52+/m1/s1. The van der Waals surface area contributed by atoms with Gasteiger partial charge >= 0.3 is 6.09 Å². The van der Waals surface area contributed by atoms with Crippen LogP contribution in [-0.4, -0.2) is 149 Å². The van der Waals surface area contributed by atoms with Crippen LogP contribution in [0.15, 0.2) is 103 Å². The zero-order valence-corrected chi connectivity index (χ0v) is 50.1. The van der Waals surface area contributed by atoms with Gasteiger partial charge in [-0.2, -0.15) is 0 Å². The SMILES string of the molecule is COC[C@@H]1NC(=O)[C@H](CCNC(=O)OC(C)(C)C)N(Cc2ccc(Cl)cc2Oc2ccc(-c3cnc(CN(C)C)n3C)cc2)C(=O)C[C@@H](Cc2ccccc2)C(=O)N(C)[C@H]2CCCC[C@@H]2NC(=O)C[C@H](Cc2ccc(Cl)cc2)N(C)C1=O. The first-order chi connectivity index (χ1) is 39.1. The fraction of sp³-hybridized carbons (Fsp3) is 0.468. The van der Waals surface area contributed by atoms with Crippen molar-refractivity contribution in [1.82, 2.24) is 45.1 Å². The van der Waals surface area contributed by atoms with Gasteiger partial charge in [-0.1, -0.05) is 84.6 Å². The van der Waals surface area contributed by atoms with Crippen molar-refractivity contribution in [3.05, 3.63) is 136 Å². The van der Waals surface area contributed by atoms with Gasteiger partial charge in [0.2, 0.25) is 29.5 Å². The molecule has 440 valence electrons. The molecular formula is C62H79Cl2N9O9. The summed E-state index contributed by atoms with van der Waals surface area (Å²) in [5, 5.41) is 9.79. The average Bonchev–Trinajstić information content (AvgIpc) is 3.97. The lowest BCUT2D eigenvalue weighted by Crippen LogP contribution is -2.59. The van der Waals surface area contributed by atoms with E-state index in [4.69, 9.17) is 37.4 Å². The summed E-state index contributed by atoms with van der Waals surface area (Å²) in [4.78, 5) is 100. The monoisotopic (exact) mass is 1160 g/mol. The first kappa shape index (κ1) is 62.6. The second-order valence-corrected chi connectivity index (χ2v) is 23.6. The van der Waals surface area contributed by atoms with Gasteiger partial charge in [-0.15, -0.1) is 0 Å².